The molecule has 3 heterocycles. The van der Waals surface area contributed by atoms with Crippen molar-refractivity contribution >= 4 is 28.0 Å². The Kier molecular flexibility index (Phi) is 4.78. The topological polar surface area (TPSA) is 117 Å². The largest absolute Gasteiger partial charge is 0.480 e. The minimum atomic E-state index is -0.498. The van der Waals surface area contributed by atoms with Gasteiger partial charge < -0.3 is 14.8 Å². The van der Waals surface area contributed by atoms with E-state index in [1.165, 1.54) is 18.5 Å². The molecule has 0 saturated carbocycles. The number of aromatic nitrogens is 4. The maximum absolute atomic E-state index is 14.0. The van der Waals surface area contributed by atoms with Gasteiger partial charge >= 0.3 is 0 Å². The highest BCUT2D eigenvalue weighted by Gasteiger charge is 2.24. The summed E-state index contributed by atoms with van der Waals surface area (Å²) in [5, 5.41) is 13.4. The fourth-order valence-electron chi connectivity index (χ4n) is 3.76. The normalized spacial score (nSPS) is 12.3. The maximum Gasteiger partial charge on any atom is 0.293 e. The zero-order valence-electron chi connectivity index (χ0n) is 17.0. The summed E-state index contributed by atoms with van der Waals surface area (Å²) in [6, 6.07) is 12.0. The van der Waals surface area contributed by atoms with Crippen LogP contribution in [0.3, 0.4) is 0 Å². The number of halogens is 1. The first-order valence-electron chi connectivity index (χ1n) is 10.0. The van der Waals surface area contributed by atoms with Crippen LogP contribution in [0.1, 0.15) is 25.1 Å². The van der Waals surface area contributed by atoms with Crippen molar-refractivity contribution in [3.05, 3.63) is 76.7 Å². The molecule has 3 N–H and O–H groups in total. The smallest absolute Gasteiger partial charge is 0.293 e. The van der Waals surface area contributed by atoms with Gasteiger partial charge in [-0.1, -0.05) is 31.2 Å². The zero-order chi connectivity index (χ0) is 22.2. The molecule has 32 heavy (non-hydrogen) atoms. The van der Waals surface area contributed by atoms with Crippen LogP contribution in [0.4, 0.5) is 10.2 Å². The van der Waals surface area contributed by atoms with E-state index in [0.717, 1.165) is 0 Å². The van der Waals surface area contributed by atoms with Crippen LogP contribution in [-0.4, -0.2) is 25.0 Å². The fraction of sp³-hybridized carbons (Fsp3) is 0.130. The summed E-state index contributed by atoms with van der Waals surface area (Å²) in [4.78, 5) is 28.4. The minimum Gasteiger partial charge on any atom is -0.480 e. The number of H-pyrrole nitrogens is 1. The summed E-state index contributed by atoms with van der Waals surface area (Å²) in [7, 11) is 0. The number of rotatable bonds is 5. The Morgan fingerprint density at radius 1 is 1.19 bits per heavy atom. The van der Waals surface area contributed by atoms with Gasteiger partial charge in [0, 0.05) is 0 Å². The average molecular weight is 431 g/mol. The van der Waals surface area contributed by atoms with Crippen LogP contribution < -0.4 is 10.7 Å². The summed E-state index contributed by atoms with van der Waals surface area (Å²) >= 11 is 0. The molecule has 3 aromatic heterocycles. The van der Waals surface area contributed by atoms with Crippen molar-refractivity contribution in [3.63, 3.8) is 0 Å². The highest BCUT2D eigenvalue weighted by atomic mass is 19.1. The second-order valence-electron chi connectivity index (χ2n) is 7.26. The average Bonchev–Trinajstić information content (AvgIpc) is 3.18. The molecule has 0 aliphatic heterocycles. The lowest BCUT2D eigenvalue weighted by molar-refractivity contribution is 0.438. The monoisotopic (exact) mass is 431 g/mol. The lowest BCUT2D eigenvalue weighted by Gasteiger charge is -2.20. The Balaban J connectivity index is 1.72. The van der Waals surface area contributed by atoms with Crippen LogP contribution in [0, 0.1) is 5.82 Å². The van der Waals surface area contributed by atoms with Crippen LogP contribution in [0.2, 0.25) is 0 Å². The van der Waals surface area contributed by atoms with E-state index >= 15 is 0 Å². The molecule has 0 aliphatic rings. The van der Waals surface area contributed by atoms with Gasteiger partial charge in [0.1, 0.15) is 23.5 Å². The number of imidazole rings is 1. The Bertz CT molecular complexity index is 1510. The van der Waals surface area contributed by atoms with Crippen molar-refractivity contribution in [2.24, 2.45) is 0 Å². The number of hydrogen-bond donors (Lipinski definition) is 3. The first-order valence-corrected chi connectivity index (χ1v) is 10.0. The van der Waals surface area contributed by atoms with Gasteiger partial charge in [0.2, 0.25) is 5.43 Å². The Hall–Kier alpha value is -4.27. The molecule has 0 radical (unpaired) electrons. The van der Waals surface area contributed by atoms with E-state index in [-0.39, 0.29) is 17.0 Å². The lowest BCUT2D eigenvalue weighted by Crippen LogP contribution is -2.17. The van der Waals surface area contributed by atoms with E-state index < -0.39 is 11.9 Å². The van der Waals surface area contributed by atoms with Crippen LogP contribution in [0.5, 0.6) is 6.01 Å². The predicted molar refractivity (Wildman–Crippen MR) is 118 cm³/mol. The number of hydrogen-bond acceptors (Lipinski definition) is 7. The SMILES string of the molecule is CC[C@H](Nc1ncnc2[nH]c(O)nc12)c1oc2ccccc2c(=O)c1-c1cccc(F)c1. The van der Waals surface area contributed by atoms with Gasteiger partial charge in [0.05, 0.1) is 17.0 Å². The van der Waals surface area contributed by atoms with Crippen molar-refractivity contribution in [1.82, 2.24) is 19.9 Å². The molecule has 0 spiro atoms. The minimum absolute atomic E-state index is 0.252. The lowest BCUT2D eigenvalue weighted by atomic mass is 9.97. The summed E-state index contributed by atoms with van der Waals surface area (Å²) in [6.45, 7) is 1.92. The van der Waals surface area contributed by atoms with Crippen LogP contribution in [0.15, 0.2) is 64.1 Å². The zero-order valence-corrected chi connectivity index (χ0v) is 17.0. The first kappa shape index (κ1) is 19.7. The highest BCUT2D eigenvalue weighted by molar-refractivity contribution is 5.85. The van der Waals surface area contributed by atoms with Crippen molar-refractivity contribution in [2.45, 2.75) is 19.4 Å². The van der Waals surface area contributed by atoms with E-state index in [0.29, 0.717) is 45.7 Å². The van der Waals surface area contributed by atoms with E-state index in [2.05, 4.69) is 25.3 Å². The highest BCUT2D eigenvalue weighted by Crippen LogP contribution is 2.33. The number of nitrogens with one attached hydrogen (secondary N) is 2. The third-order valence-corrected chi connectivity index (χ3v) is 5.24. The summed E-state index contributed by atoms with van der Waals surface area (Å²) in [6.07, 6.45) is 1.85. The van der Waals surface area contributed by atoms with Gasteiger partial charge in [-0.2, -0.15) is 4.98 Å². The third kappa shape index (κ3) is 3.33. The molecule has 0 fully saturated rings. The van der Waals surface area contributed by atoms with E-state index in [1.807, 2.05) is 6.92 Å². The molecule has 0 bridgehead atoms. The second kappa shape index (κ2) is 7.77. The molecule has 9 heteroatoms. The van der Waals surface area contributed by atoms with Crippen LogP contribution >= 0.6 is 0 Å². The number of anilines is 1. The molecule has 5 rings (SSSR count). The molecular formula is C23H18FN5O3. The predicted octanol–water partition coefficient (Wildman–Crippen LogP) is 4.53. The Morgan fingerprint density at radius 2 is 2.03 bits per heavy atom. The van der Waals surface area contributed by atoms with Gasteiger partial charge in [-0.05, 0) is 36.2 Å². The van der Waals surface area contributed by atoms with E-state index in [4.69, 9.17) is 4.42 Å². The standard InChI is InChI=1S/C23H18FN5O3/c1-2-15(27-21-18-22(26-11-25-21)29-23(31)28-18)20-17(12-6-5-7-13(24)10-12)19(30)14-8-3-4-9-16(14)32-20/h3-11,15H,2H2,1H3,(H3,25,26,27,28,29,31)/t15-/m0/s1. The molecule has 0 amide bonds. The number of fused-ring (bicyclic) bond motifs is 2. The van der Waals surface area contributed by atoms with Crippen molar-refractivity contribution in [3.8, 4) is 17.1 Å². The fourth-order valence-corrected chi connectivity index (χ4v) is 3.76. The maximum atomic E-state index is 14.0. The van der Waals surface area contributed by atoms with Gasteiger partial charge in [0.15, 0.2) is 17.0 Å². The molecule has 1 atom stereocenters. The summed E-state index contributed by atoms with van der Waals surface area (Å²) in [5.74, 6) is 0.263. The molecule has 0 aliphatic carbocycles. The second-order valence-corrected chi connectivity index (χ2v) is 7.26. The molecule has 160 valence electrons. The van der Waals surface area contributed by atoms with Gasteiger partial charge in [-0.25, -0.2) is 14.4 Å². The van der Waals surface area contributed by atoms with Crippen molar-refractivity contribution < 1.29 is 13.9 Å². The first-order chi connectivity index (χ1) is 15.5. The molecule has 2 aromatic carbocycles. The number of aromatic hydroxyl groups is 1. The van der Waals surface area contributed by atoms with Gasteiger partial charge in [-0.3, -0.25) is 9.78 Å². The van der Waals surface area contributed by atoms with Gasteiger partial charge in [-0.15, -0.1) is 0 Å². The molecule has 0 unspecified atom stereocenters. The summed E-state index contributed by atoms with van der Waals surface area (Å²) < 4.78 is 20.2. The van der Waals surface area contributed by atoms with Crippen molar-refractivity contribution in [2.75, 3.05) is 5.32 Å². The Morgan fingerprint density at radius 3 is 2.84 bits per heavy atom. The quantitative estimate of drug-likeness (QED) is 0.374. The summed E-state index contributed by atoms with van der Waals surface area (Å²) in [5.41, 5.74) is 1.58. The van der Waals surface area contributed by atoms with Crippen molar-refractivity contribution in [1.29, 1.82) is 0 Å². The van der Waals surface area contributed by atoms with Crippen LogP contribution in [-0.2, 0) is 0 Å². The molecular weight excluding hydrogens is 413 g/mol. The number of nitrogens with zero attached hydrogens (tertiary/aromatic N) is 3. The number of para-hydroxylation sites is 1. The van der Waals surface area contributed by atoms with E-state index in [1.54, 1.807) is 36.4 Å². The van der Waals surface area contributed by atoms with Crippen LogP contribution in [0.25, 0.3) is 33.3 Å². The number of benzene rings is 2. The van der Waals surface area contributed by atoms with Gasteiger partial charge in [0.25, 0.3) is 6.01 Å². The molecule has 8 nitrogen and oxygen atoms in total. The third-order valence-electron chi connectivity index (χ3n) is 5.24. The number of aromatic amines is 1. The Labute approximate surface area is 180 Å². The molecule has 0 saturated heterocycles. The molecule has 5 aromatic rings. The van der Waals surface area contributed by atoms with E-state index in [9.17, 15) is 14.3 Å².